The van der Waals surface area contributed by atoms with Crippen molar-refractivity contribution in [3.8, 4) is 0 Å². The molecule has 0 bridgehead atoms. The Hall–Kier alpha value is -2.32. The predicted octanol–water partition coefficient (Wildman–Crippen LogP) is 1.95. The number of benzene rings is 2. The lowest BCUT2D eigenvalue weighted by molar-refractivity contribution is -0.121. The van der Waals surface area contributed by atoms with Crippen molar-refractivity contribution in [2.24, 2.45) is 0 Å². The van der Waals surface area contributed by atoms with Crippen LogP contribution in [-0.4, -0.2) is 20.9 Å². The van der Waals surface area contributed by atoms with E-state index < -0.39 is 21.7 Å². The van der Waals surface area contributed by atoms with Crippen LogP contribution in [0.1, 0.15) is 12.0 Å². The molecule has 5 nitrogen and oxygen atoms in total. The molecule has 0 atom stereocenters. The molecule has 128 valence electrons. The van der Waals surface area contributed by atoms with Crippen molar-refractivity contribution in [2.75, 3.05) is 6.54 Å². The molecule has 0 aliphatic rings. The summed E-state index contributed by atoms with van der Waals surface area (Å²) in [6.45, 7) is 0.0516. The Balaban J connectivity index is 1.78. The number of hydrogen-bond donors (Lipinski definition) is 2. The summed E-state index contributed by atoms with van der Waals surface area (Å²) in [5.74, 6) is -1.31. The number of amides is 1. The minimum Gasteiger partial charge on any atom is -0.352 e. The van der Waals surface area contributed by atoms with Gasteiger partial charge in [-0.1, -0.05) is 12.1 Å². The van der Waals surface area contributed by atoms with Crippen LogP contribution in [0.5, 0.6) is 0 Å². The van der Waals surface area contributed by atoms with E-state index in [9.17, 15) is 22.0 Å². The van der Waals surface area contributed by atoms with Crippen LogP contribution in [0.2, 0.25) is 0 Å². The molecule has 0 fully saturated rings. The first-order valence-corrected chi connectivity index (χ1v) is 8.61. The average molecular weight is 354 g/mol. The molecule has 0 saturated heterocycles. The van der Waals surface area contributed by atoms with Crippen molar-refractivity contribution in [3.63, 3.8) is 0 Å². The van der Waals surface area contributed by atoms with Gasteiger partial charge in [-0.05, 0) is 42.0 Å². The van der Waals surface area contributed by atoms with Crippen LogP contribution in [-0.2, 0) is 21.4 Å². The van der Waals surface area contributed by atoms with Gasteiger partial charge in [-0.3, -0.25) is 4.79 Å². The quantitative estimate of drug-likeness (QED) is 0.798. The van der Waals surface area contributed by atoms with E-state index in [1.165, 1.54) is 18.2 Å². The molecule has 0 aliphatic carbocycles. The van der Waals surface area contributed by atoms with Crippen molar-refractivity contribution in [3.05, 3.63) is 65.7 Å². The maximum Gasteiger partial charge on any atom is 0.240 e. The van der Waals surface area contributed by atoms with Crippen LogP contribution in [0.15, 0.2) is 53.4 Å². The topological polar surface area (TPSA) is 75.3 Å². The summed E-state index contributed by atoms with van der Waals surface area (Å²) >= 11 is 0. The lowest BCUT2D eigenvalue weighted by Gasteiger charge is -2.08. The fourth-order valence-electron chi connectivity index (χ4n) is 1.93. The second kappa shape index (κ2) is 7.98. The Morgan fingerprint density at radius 1 is 1.00 bits per heavy atom. The summed E-state index contributed by atoms with van der Waals surface area (Å²) in [6.07, 6.45) is -0.0737. The molecule has 0 saturated carbocycles. The Bertz CT molecular complexity index is 808. The largest absolute Gasteiger partial charge is 0.352 e. The minimum atomic E-state index is -3.79. The van der Waals surface area contributed by atoms with Crippen LogP contribution in [0.3, 0.4) is 0 Å². The molecule has 8 heteroatoms. The van der Waals surface area contributed by atoms with Crippen LogP contribution in [0, 0.1) is 11.6 Å². The first kappa shape index (κ1) is 18.0. The van der Waals surface area contributed by atoms with Gasteiger partial charge in [0.15, 0.2) is 0 Å². The molecule has 2 aromatic rings. The summed E-state index contributed by atoms with van der Waals surface area (Å²) < 4.78 is 51.9. The zero-order chi connectivity index (χ0) is 17.6. The van der Waals surface area contributed by atoms with Gasteiger partial charge in [-0.15, -0.1) is 0 Å². The SMILES string of the molecule is O=C(CCNS(=O)(=O)c1ccc(F)cc1)NCc1cccc(F)c1. The average Bonchev–Trinajstić information content (AvgIpc) is 2.53. The Morgan fingerprint density at radius 2 is 1.71 bits per heavy atom. The number of hydrogen-bond acceptors (Lipinski definition) is 3. The van der Waals surface area contributed by atoms with Gasteiger partial charge < -0.3 is 5.32 Å². The predicted molar refractivity (Wildman–Crippen MR) is 84.5 cm³/mol. The van der Waals surface area contributed by atoms with E-state index in [0.717, 1.165) is 24.3 Å². The number of carbonyl (C=O) groups excluding carboxylic acids is 1. The standard InChI is InChI=1S/C16H16F2N2O3S/c17-13-4-6-15(7-5-13)24(22,23)20-9-8-16(21)19-11-12-2-1-3-14(18)10-12/h1-7,10,20H,8-9,11H2,(H,19,21). The molecule has 24 heavy (non-hydrogen) atoms. The van der Waals surface area contributed by atoms with Crippen molar-refractivity contribution < 1.29 is 22.0 Å². The summed E-state index contributed by atoms with van der Waals surface area (Å²) in [4.78, 5) is 11.6. The van der Waals surface area contributed by atoms with Crippen molar-refractivity contribution in [1.82, 2.24) is 10.0 Å². The lowest BCUT2D eigenvalue weighted by Crippen LogP contribution is -2.30. The lowest BCUT2D eigenvalue weighted by atomic mass is 10.2. The van der Waals surface area contributed by atoms with Gasteiger partial charge in [0.1, 0.15) is 11.6 Å². The second-order valence-corrected chi connectivity index (χ2v) is 6.78. The maximum absolute atomic E-state index is 13.0. The molecule has 0 aliphatic heterocycles. The van der Waals surface area contributed by atoms with Gasteiger partial charge in [-0.25, -0.2) is 21.9 Å². The highest BCUT2D eigenvalue weighted by Crippen LogP contribution is 2.09. The van der Waals surface area contributed by atoms with E-state index in [0.29, 0.717) is 5.56 Å². The minimum absolute atomic E-state index is 0.0737. The van der Waals surface area contributed by atoms with Gasteiger partial charge in [0, 0.05) is 19.5 Å². The molecule has 1 amide bonds. The molecule has 0 unspecified atom stereocenters. The number of carbonyl (C=O) groups is 1. The Morgan fingerprint density at radius 3 is 2.38 bits per heavy atom. The molecule has 2 N–H and O–H groups in total. The Kier molecular flexibility index (Phi) is 5.99. The fraction of sp³-hybridized carbons (Fsp3) is 0.188. The summed E-state index contributed by atoms with van der Waals surface area (Å²) in [7, 11) is -3.79. The third-order valence-electron chi connectivity index (χ3n) is 3.15. The van der Waals surface area contributed by atoms with Gasteiger partial charge in [0.05, 0.1) is 4.90 Å². The number of rotatable bonds is 7. The van der Waals surface area contributed by atoms with E-state index >= 15 is 0 Å². The van der Waals surface area contributed by atoms with E-state index in [1.807, 2.05) is 0 Å². The molecule has 0 radical (unpaired) electrons. The summed E-state index contributed by atoms with van der Waals surface area (Å²) in [5, 5.41) is 2.57. The van der Waals surface area contributed by atoms with Crippen LogP contribution in [0.25, 0.3) is 0 Å². The van der Waals surface area contributed by atoms with E-state index in [2.05, 4.69) is 10.0 Å². The molecular weight excluding hydrogens is 338 g/mol. The van der Waals surface area contributed by atoms with Gasteiger partial charge in [0.25, 0.3) is 0 Å². The maximum atomic E-state index is 13.0. The number of halogens is 2. The molecule has 2 aromatic carbocycles. The highest BCUT2D eigenvalue weighted by molar-refractivity contribution is 7.89. The third kappa shape index (κ3) is 5.39. The second-order valence-electron chi connectivity index (χ2n) is 5.01. The van der Waals surface area contributed by atoms with Crippen LogP contribution in [0.4, 0.5) is 8.78 Å². The molecule has 0 aromatic heterocycles. The molecule has 0 spiro atoms. The molecule has 2 rings (SSSR count). The van der Waals surface area contributed by atoms with E-state index in [1.54, 1.807) is 6.07 Å². The van der Waals surface area contributed by atoms with Gasteiger partial charge in [0.2, 0.25) is 15.9 Å². The first-order chi connectivity index (χ1) is 11.4. The third-order valence-corrected chi connectivity index (χ3v) is 4.62. The van der Waals surface area contributed by atoms with Gasteiger partial charge in [-0.2, -0.15) is 0 Å². The van der Waals surface area contributed by atoms with Gasteiger partial charge >= 0.3 is 0 Å². The highest BCUT2D eigenvalue weighted by Gasteiger charge is 2.14. The zero-order valence-electron chi connectivity index (χ0n) is 12.6. The highest BCUT2D eigenvalue weighted by atomic mass is 32.2. The van der Waals surface area contributed by atoms with E-state index in [4.69, 9.17) is 0 Å². The monoisotopic (exact) mass is 354 g/mol. The molecular formula is C16H16F2N2O3S. The van der Waals surface area contributed by atoms with E-state index in [-0.39, 0.29) is 30.3 Å². The summed E-state index contributed by atoms with van der Waals surface area (Å²) in [6, 6.07) is 10.2. The molecule has 0 heterocycles. The van der Waals surface area contributed by atoms with Crippen molar-refractivity contribution >= 4 is 15.9 Å². The smallest absolute Gasteiger partial charge is 0.240 e. The first-order valence-electron chi connectivity index (χ1n) is 7.13. The van der Waals surface area contributed by atoms with Crippen molar-refractivity contribution in [1.29, 1.82) is 0 Å². The zero-order valence-corrected chi connectivity index (χ0v) is 13.4. The normalized spacial score (nSPS) is 11.2. The summed E-state index contributed by atoms with van der Waals surface area (Å²) in [5.41, 5.74) is 0.607. The number of sulfonamides is 1. The Labute approximate surface area is 138 Å². The van der Waals surface area contributed by atoms with Crippen LogP contribution >= 0.6 is 0 Å². The fourth-order valence-corrected chi connectivity index (χ4v) is 2.96. The van der Waals surface area contributed by atoms with Crippen LogP contribution < -0.4 is 10.0 Å². The van der Waals surface area contributed by atoms with Crippen molar-refractivity contribution in [2.45, 2.75) is 17.9 Å². The number of nitrogens with one attached hydrogen (secondary N) is 2.